The molecule has 0 radical (unpaired) electrons. The van der Waals surface area contributed by atoms with Gasteiger partial charge in [-0.15, -0.1) is 0 Å². The average molecular weight is 395 g/mol. The highest BCUT2D eigenvalue weighted by Crippen LogP contribution is 2.27. The third-order valence-corrected chi connectivity index (χ3v) is 4.34. The van der Waals surface area contributed by atoms with Crippen LogP contribution in [0.5, 0.6) is 17.2 Å². The third kappa shape index (κ3) is 5.48. The van der Waals surface area contributed by atoms with Crippen LogP contribution in [0, 0.1) is 5.82 Å². The van der Waals surface area contributed by atoms with Gasteiger partial charge in [0.2, 0.25) is 0 Å². The van der Waals surface area contributed by atoms with Gasteiger partial charge in [0.1, 0.15) is 18.2 Å². The van der Waals surface area contributed by atoms with Crippen molar-refractivity contribution in [2.24, 2.45) is 0 Å². The molecule has 1 amide bonds. The van der Waals surface area contributed by atoms with Gasteiger partial charge in [-0.3, -0.25) is 4.79 Å². The maximum Gasteiger partial charge on any atom is 0.251 e. The molecule has 150 valence electrons. The molecule has 3 aromatic rings. The van der Waals surface area contributed by atoms with Crippen LogP contribution in [-0.2, 0) is 13.2 Å². The Morgan fingerprint density at radius 2 is 1.52 bits per heavy atom. The predicted molar refractivity (Wildman–Crippen MR) is 108 cm³/mol. The van der Waals surface area contributed by atoms with Crippen LogP contribution < -0.4 is 19.5 Å². The Balaban J connectivity index is 1.53. The molecule has 0 bridgehead atoms. The maximum atomic E-state index is 12.9. The van der Waals surface area contributed by atoms with Crippen molar-refractivity contribution in [3.05, 3.63) is 89.2 Å². The van der Waals surface area contributed by atoms with E-state index in [0.717, 1.165) is 11.1 Å². The number of methoxy groups -OCH3 is 2. The lowest BCUT2D eigenvalue weighted by molar-refractivity contribution is 0.0950. The Morgan fingerprint density at radius 3 is 2.17 bits per heavy atom. The van der Waals surface area contributed by atoms with Crippen LogP contribution in [-0.4, -0.2) is 20.1 Å². The zero-order valence-corrected chi connectivity index (χ0v) is 16.3. The van der Waals surface area contributed by atoms with Crippen molar-refractivity contribution >= 4 is 5.91 Å². The van der Waals surface area contributed by atoms with Crippen LogP contribution in [0.4, 0.5) is 4.39 Å². The molecule has 0 aliphatic carbocycles. The van der Waals surface area contributed by atoms with E-state index >= 15 is 0 Å². The molecule has 0 unspecified atom stereocenters. The molecule has 6 heteroatoms. The van der Waals surface area contributed by atoms with Gasteiger partial charge in [0.25, 0.3) is 5.91 Å². The fraction of sp³-hybridized carbons (Fsp3) is 0.174. The van der Waals surface area contributed by atoms with E-state index < -0.39 is 0 Å². The zero-order valence-electron chi connectivity index (χ0n) is 16.3. The van der Waals surface area contributed by atoms with Gasteiger partial charge in [-0.2, -0.15) is 0 Å². The second-order valence-corrected chi connectivity index (χ2v) is 6.31. The lowest BCUT2D eigenvalue weighted by atomic mass is 10.1. The number of nitrogens with one attached hydrogen (secondary N) is 1. The van der Waals surface area contributed by atoms with Crippen molar-refractivity contribution in [1.82, 2.24) is 5.32 Å². The first-order valence-electron chi connectivity index (χ1n) is 9.05. The fourth-order valence-electron chi connectivity index (χ4n) is 2.71. The predicted octanol–water partition coefficient (Wildman–Crippen LogP) is 4.35. The first kappa shape index (κ1) is 20.2. The molecule has 5 nitrogen and oxygen atoms in total. The Bertz CT molecular complexity index is 956. The van der Waals surface area contributed by atoms with E-state index in [9.17, 15) is 9.18 Å². The summed E-state index contributed by atoms with van der Waals surface area (Å²) in [5.74, 6) is 1.29. The van der Waals surface area contributed by atoms with Crippen LogP contribution in [0.3, 0.4) is 0 Å². The van der Waals surface area contributed by atoms with Gasteiger partial charge in [-0.25, -0.2) is 4.39 Å². The number of benzene rings is 3. The number of amides is 1. The topological polar surface area (TPSA) is 56.8 Å². The number of rotatable bonds is 8. The van der Waals surface area contributed by atoms with E-state index in [1.807, 2.05) is 24.3 Å². The Labute approximate surface area is 169 Å². The minimum atomic E-state index is -0.270. The molecule has 0 aliphatic heterocycles. The monoisotopic (exact) mass is 395 g/mol. The molecular formula is C23H22FNO4. The number of carbonyl (C=O) groups excluding carboxylic acids is 1. The van der Waals surface area contributed by atoms with Crippen LogP contribution in [0.25, 0.3) is 0 Å². The van der Waals surface area contributed by atoms with Gasteiger partial charge >= 0.3 is 0 Å². The molecule has 0 saturated heterocycles. The van der Waals surface area contributed by atoms with E-state index in [2.05, 4.69) is 5.32 Å². The van der Waals surface area contributed by atoms with Crippen LogP contribution >= 0.6 is 0 Å². The van der Waals surface area contributed by atoms with Crippen LogP contribution in [0.2, 0.25) is 0 Å². The molecule has 0 fully saturated rings. The summed E-state index contributed by atoms with van der Waals surface area (Å²) in [5, 5.41) is 2.87. The normalized spacial score (nSPS) is 10.3. The van der Waals surface area contributed by atoms with E-state index in [0.29, 0.717) is 36.0 Å². The maximum absolute atomic E-state index is 12.9. The zero-order chi connectivity index (χ0) is 20.6. The molecule has 0 heterocycles. The van der Waals surface area contributed by atoms with Gasteiger partial charge in [0.15, 0.2) is 11.5 Å². The van der Waals surface area contributed by atoms with E-state index in [1.54, 1.807) is 37.4 Å². The highest BCUT2D eigenvalue weighted by molar-refractivity contribution is 5.94. The molecule has 3 aromatic carbocycles. The lowest BCUT2D eigenvalue weighted by Gasteiger charge is -2.11. The molecule has 0 aromatic heterocycles. The number of carbonyl (C=O) groups is 1. The van der Waals surface area contributed by atoms with Crippen LogP contribution in [0.1, 0.15) is 21.5 Å². The highest BCUT2D eigenvalue weighted by Gasteiger charge is 2.10. The van der Waals surface area contributed by atoms with Crippen molar-refractivity contribution in [3.63, 3.8) is 0 Å². The third-order valence-electron chi connectivity index (χ3n) is 4.34. The second kappa shape index (κ2) is 9.59. The van der Waals surface area contributed by atoms with Crippen molar-refractivity contribution in [3.8, 4) is 17.2 Å². The van der Waals surface area contributed by atoms with Crippen molar-refractivity contribution < 1.29 is 23.4 Å². The number of hydrogen-bond donors (Lipinski definition) is 1. The van der Waals surface area contributed by atoms with Gasteiger partial charge in [0, 0.05) is 12.1 Å². The summed E-state index contributed by atoms with van der Waals surface area (Å²) in [7, 11) is 3.07. The Kier molecular flexibility index (Phi) is 6.68. The van der Waals surface area contributed by atoms with E-state index in [1.165, 1.54) is 19.2 Å². The van der Waals surface area contributed by atoms with Crippen molar-refractivity contribution in [2.75, 3.05) is 14.2 Å². The summed E-state index contributed by atoms with van der Waals surface area (Å²) >= 11 is 0. The standard InChI is InChI=1S/C23H22FNO4/c1-27-21-12-7-18(13-22(21)28-2)23(26)25-14-16-5-10-20(11-6-16)29-15-17-3-8-19(24)9-4-17/h3-13H,14-15H2,1-2H3,(H,25,26). The SMILES string of the molecule is COc1ccc(C(=O)NCc2ccc(OCc3ccc(F)cc3)cc2)cc1OC. The van der Waals surface area contributed by atoms with Gasteiger partial charge < -0.3 is 19.5 Å². The summed E-state index contributed by atoms with van der Waals surface area (Å²) < 4.78 is 29.0. The van der Waals surface area contributed by atoms with Crippen molar-refractivity contribution in [1.29, 1.82) is 0 Å². The average Bonchev–Trinajstić information content (AvgIpc) is 2.77. The lowest BCUT2D eigenvalue weighted by Crippen LogP contribution is -2.22. The first-order chi connectivity index (χ1) is 14.1. The fourth-order valence-corrected chi connectivity index (χ4v) is 2.71. The summed E-state index contributed by atoms with van der Waals surface area (Å²) in [5.41, 5.74) is 2.31. The number of hydrogen-bond acceptors (Lipinski definition) is 4. The summed E-state index contributed by atoms with van der Waals surface area (Å²) in [6.45, 7) is 0.737. The Morgan fingerprint density at radius 1 is 0.862 bits per heavy atom. The summed E-state index contributed by atoms with van der Waals surface area (Å²) in [6, 6.07) is 18.6. The molecule has 29 heavy (non-hydrogen) atoms. The molecule has 0 saturated carbocycles. The number of ether oxygens (including phenoxy) is 3. The molecule has 3 rings (SSSR count). The minimum Gasteiger partial charge on any atom is -0.493 e. The summed E-state index contributed by atoms with van der Waals surface area (Å²) in [4.78, 5) is 12.4. The second-order valence-electron chi connectivity index (χ2n) is 6.31. The largest absolute Gasteiger partial charge is 0.493 e. The highest BCUT2D eigenvalue weighted by atomic mass is 19.1. The molecule has 0 atom stereocenters. The van der Waals surface area contributed by atoms with E-state index in [4.69, 9.17) is 14.2 Å². The quantitative estimate of drug-likeness (QED) is 0.616. The molecule has 0 spiro atoms. The smallest absolute Gasteiger partial charge is 0.251 e. The summed E-state index contributed by atoms with van der Waals surface area (Å²) in [6.07, 6.45) is 0. The van der Waals surface area contributed by atoms with Crippen molar-refractivity contribution in [2.45, 2.75) is 13.2 Å². The molecular weight excluding hydrogens is 373 g/mol. The number of halogens is 1. The van der Waals surface area contributed by atoms with E-state index in [-0.39, 0.29) is 11.7 Å². The van der Waals surface area contributed by atoms with Gasteiger partial charge in [0.05, 0.1) is 14.2 Å². The minimum absolute atomic E-state index is 0.206. The molecule has 1 N–H and O–H groups in total. The van der Waals surface area contributed by atoms with Gasteiger partial charge in [-0.05, 0) is 53.6 Å². The van der Waals surface area contributed by atoms with Gasteiger partial charge in [-0.1, -0.05) is 24.3 Å². The van der Waals surface area contributed by atoms with Crippen LogP contribution in [0.15, 0.2) is 66.7 Å². The molecule has 0 aliphatic rings. The first-order valence-corrected chi connectivity index (χ1v) is 9.05. The Hall–Kier alpha value is -3.54.